The molecular weight excluding hydrogens is 256 g/mol. The third-order valence-electron chi connectivity index (χ3n) is 3.09. The van der Waals surface area contributed by atoms with Crippen LogP contribution in [0.4, 0.5) is 0 Å². The lowest BCUT2D eigenvalue weighted by atomic mass is 10.3. The second-order valence-electron chi connectivity index (χ2n) is 4.82. The average Bonchev–Trinajstić information content (AvgIpc) is 3.22. The fourth-order valence-electron chi connectivity index (χ4n) is 1.99. The zero-order valence-electron chi connectivity index (χ0n) is 12.2. The topological polar surface area (TPSA) is 49.9 Å². The molecule has 0 N–H and O–H groups in total. The lowest BCUT2D eigenvalue weighted by molar-refractivity contribution is -0.145. The van der Waals surface area contributed by atoms with Crippen molar-refractivity contribution in [2.75, 3.05) is 32.8 Å². The molecule has 0 aromatic carbocycles. The van der Waals surface area contributed by atoms with Gasteiger partial charge >= 0.3 is 5.97 Å². The quantitative estimate of drug-likeness (QED) is 0.446. The fourth-order valence-corrected chi connectivity index (χ4v) is 1.99. The van der Waals surface area contributed by atoms with Gasteiger partial charge in [-0.1, -0.05) is 12.2 Å². The first-order valence-electron chi connectivity index (χ1n) is 7.01. The van der Waals surface area contributed by atoms with E-state index < -0.39 is 0 Å². The van der Waals surface area contributed by atoms with E-state index in [9.17, 15) is 9.59 Å². The van der Waals surface area contributed by atoms with Crippen LogP contribution in [0.25, 0.3) is 0 Å². The van der Waals surface area contributed by atoms with E-state index in [0.717, 1.165) is 12.8 Å². The van der Waals surface area contributed by atoms with Crippen LogP contribution in [0.5, 0.6) is 0 Å². The highest BCUT2D eigenvalue weighted by molar-refractivity contribution is 5.80. The van der Waals surface area contributed by atoms with Crippen molar-refractivity contribution in [2.45, 2.75) is 25.8 Å². The van der Waals surface area contributed by atoms with Gasteiger partial charge in [-0.05, 0) is 19.8 Å². The van der Waals surface area contributed by atoms with E-state index in [1.807, 2.05) is 4.90 Å². The SMILES string of the molecule is C=CCN(CC=C)C(=O)CN(CC(=O)OCC)C1CC1. The first-order valence-corrected chi connectivity index (χ1v) is 7.01. The number of amides is 1. The largest absolute Gasteiger partial charge is 0.465 e. The first kappa shape index (κ1) is 16.4. The molecule has 1 fully saturated rings. The maximum absolute atomic E-state index is 12.2. The van der Waals surface area contributed by atoms with Crippen molar-refractivity contribution in [3.63, 3.8) is 0 Å². The molecule has 1 saturated carbocycles. The Labute approximate surface area is 120 Å². The molecule has 0 heterocycles. The van der Waals surface area contributed by atoms with E-state index >= 15 is 0 Å². The molecule has 1 amide bonds. The Bertz CT molecular complexity index is 354. The predicted octanol–water partition coefficient (Wildman–Crippen LogP) is 1.21. The number of hydrogen-bond acceptors (Lipinski definition) is 4. The number of nitrogens with zero attached hydrogens (tertiary/aromatic N) is 2. The predicted molar refractivity (Wildman–Crippen MR) is 78.2 cm³/mol. The number of carbonyl (C=O) groups excluding carboxylic acids is 2. The standard InChI is InChI=1S/C15H24N2O3/c1-4-9-16(10-5-2)14(18)11-17(13-7-8-13)12-15(19)20-6-3/h4-5,13H,1-2,6-12H2,3H3. The van der Waals surface area contributed by atoms with Crippen molar-refractivity contribution in [2.24, 2.45) is 0 Å². The summed E-state index contributed by atoms with van der Waals surface area (Å²) in [5, 5.41) is 0. The van der Waals surface area contributed by atoms with Crippen molar-refractivity contribution in [3.05, 3.63) is 25.3 Å². The van der Waals surface area contributed by atoms with Crippen molar-refractivity contribution in [1.29, 1.82) is 0 Å². The number of rotatable bonds is 10. The third-order valence-corrected chi connectivity index (χ3v) is 3.09. The molecule has 1 rings (SSSR count). The Morgan fingerprint density at radius 2 is 1.80 bits per heavy atom. The zero-order chi connectivity index (χ0) is 15.0. The minimum atomic E-state index is -0.272. The van der Waals surface area contributed by atoms with Gasteiger partial charge in [-0.3, -0.25) is 14.5 Å². The third kappa shape index (κ3) is 5.57. The maximum Gasteiger partial charge on any atom is 0.320 e. The summed E-state index contributed by atoms with van der Waals surface area (Å²) in [5.41, 5.74) is 0. The number of carbonyl (C=O) groups is 2. The molecule has 0 unspecified atom stereocenters. The second-order valence-corrected chi connectivity index (χ2v) is 4.82. The van der Waals surface area contributed by atoms with Crippen LogP contribution in [0.2, 0.25) is 0 Å². The minimum absolute atomic E-state index is 0.0130. The molecule has 0 aromatic heterocycles. The van der Waals surface area contributed by atoms with Gasteiger partial charge in [0.25, 0.3) is 0 Å². The van der Waals surface area contributed by atoms with Crippen LogP contribution < -0.4 is 0 Å². The van der Waals surface area contributed by atoms with Crippen LogP contribution in [0.3, 0.4) is 0 Å². The van der Waals surface area contributed by atoms with E-state index in [0.29, 0.717) is 25.7 Å². The summed E-state index contributed by atoms with van der Waals surface area (Å²) in [5.74, 6) is -0.285. The van der Waals surface area contributed by atoms with Gasteiger partial charge in [-0.15, -0.1) is 13.2 Å². The molecule has 0 aromatic rings. The number of ether oxygens (including phenoxy) is 1. The smallest absolute Gasteiger partial charge is 0.320 e. The molecule has 0 bridgehead atoms. The van der Waals surface area contributed by atoms with Gasteiger partial charge in [0.2, 0.25) is 5.91 Å². The highest BCUT2D eigenvalue weighted by Crippen LogP contribution is 2.26. The van der Waals surface area contributed by atoms with Gasteiger partial charge in [0.05, 0.1) is 19.7 Å². The first-order chi connectivity index (χ1) is 9.62. The lowest BCUT2D eigenvalue weighted by Crippen LogP contribution is -2.43. The van der Waals surface area contributed by atoms with E-state index in [1.165, 1.54) is 0 Å². The van der Waals surface area contributed by atoms with E-state index in [-0.39, 0.29) is 25.0 Å². The molecule has 0 aliphatic heterocycles. The average molecular weight is 280 g/mol. The lowest BCUT2D eigenvalue weighted by Gasteiger charge is -2.25. The summed E-state index contributed by atoms with van der Waals surface area (Å²) >= 11 is 0. The van der Waals surface area contributed by atoms with Crippen LogP contribution in [-0.4, -0.2) is 60.5 Å². The van der Waals surface area contributed by atoms with Crippen molar-refractivity contribution >= 4 is 11.9 Å². The Morgan fingerprint density at radius 1 is 1.20 bits per heavy atom. The Morgan fingerprint density at radius 3 is 2.25 bits per heavy atom. The normalized spacial score (nSPS) is 13.9. The Balaban J connectivity index is 2.54. The van der Waals surface area contributed by atoms with Crippen LogP contribution in [0.15, 0.2) is 25.3 Å². The molecule has 0 radical (unpaired) electrons. The monoisotopic (exact) mass is 280 g/mol. The highest BCUT2D eigenvalue weighted by Gasteiger charge is 2.32. The van der Waals surface area contributed by atoms with Gasteiger partial charge in [0.15, 0.2) is 0 Å². The van der Waals surface area contributed by atoms with Gasteiger partial charge in [0.1, 0.15) is 0 Å². The molecule has 5 heteroatoms. The molecule has 112 valence electrons. The second kappa shape index (κ2) is 8.53. The van der Waals surface area contributed by atoms with Crippen molar-refractivity contribution < 1.29 is 14.3 Å². The van der Waals surface area contributed by atoms with E-state index in [1.54, 1.807) is 24.0 Å². The van der Waals surface area contributed by atoms with E-state index in [4.69, 9.17) is 4.74 Å². The fraction of sp³-hybridized carbons (Fsp3) is 0.600. The van der Waals surface area contributed by atoms with Crippen LogP contribution in [-0.2, 0) is 14.3 Å². The molecule has 0 saturated heterocycles. The summed E-state index contributed by atoms with van der Waals surface area (Å²) < 4.78 is 4.95. The molecule has 0 spiro atoms. The molecule has 1 aliphatic rings. The summed E-state index contributed by atoms with van der Waals surface area (Å²) in [4.78, 5) is 27.4. The summed E-state index contributed by atoms with van der Waals surface area (Å²) in [7, 11) is 0. The van der Waals surface area contributed by atoms with Gasteiger partial charge in [-0.25, -0.2) is 0 Å². The maximum atomic E-state index is 12.2. The Hall–Kier alpha value is -1.62. The number of hydrogen-bond donors (Lipinski definition) is 0. The van der Waals surface area contributed by atoms with Gasteiger partial charge in [-0.2, -0.15) is 0 Å². The van der Waals surface area contributed by atoms with Crippen molar-refractivity contribution in [3.8, 4) is 0 Å². The molecular formula is C15H24N2O3. The van der Waals surface area contributed by atoms with Crippen LogP contribution in [0, 0.1) is 0 Å². The molecule has 5 nitrogen and oxygen atoms in total. The summed E-state index contributed by atoms with van der Waals surface area (Å²) in [6.07, 6.45) is 5.45. The van der Waals surface area contributed by atoms with Crippen LogP contribution >= 0.6 is 0 Å². The molecule has 20 heavy (non-hydrogen) atoms. The molecule has 1 aliphatic carbocycles. The van der Waals surface area contributed by atoms with Crippen LogP contribution in [0.1, 0.15) is 19.8 Å². The van der Waals surface area contributed by atoms with Gasteiger partial charge < -0.3 is 9.64 Å². The molecule has 0 atom stereocenters. The van der Waals surface area contributed by atoms with E-state index in [2.05, 4.69) is 13.2 Å². The summed E-state index contributed by atoms with van der Waals surface area (Å²) in [6.45, 7) is 10.8. The zero-order valence-corrected chi connectivity index (χ0v) is 12.2. The van der Waals surface area contributed by atoms with Crippen molar-refractivity contribution in [1.82, 2.24) is 9.80 Å². The minimum Gasteiger partial charge on any atom is -0.465 e. The number of esters is 1. The summed E-state index contributed by atoms with van der Waals surface area (Å²) in [6, 6.07) is 0.331. The van der Waals surface area contributed by atoms with Gasteiger partial charge in [0, 0.05) is 19.1 Å². The Kier molecular flexibility index (Phi) is 7.01. The highest BCUT2D eigenvalue weighted by atomic mass is 16.5.